The van der Waals surface area contributed by atoms with Gasteiger partial charge in [-0.3, -0.25) is 0 Å². The Labute approximate surface area is 130 Å². The van der Waals surface area contributed by atoms with E-state index in [-0.39, 0.29) is 16.9 Å². The van der Waals surface area contributed by atoms with Gasteiger partial charge in [-0.15, -0.1) is 0 Å². The number of nitrogens with zero attached hydrogens (tertiary/aromatic N) is 1. The van der Waals surface area contributed by atoms with Gasteiger partial charge in [0.05, 0.1) is 11.1 Å². The van der Waals surface area contributed by atoms with Crippen molar-refractivity contribution in [2.45, 2.75) is 19.9 Å². The molecule has 112 valence electrons. The Morgan fingerprint density at radius 3 is 2.57 bits per heavy atom. The third kappa shape index (κ3) is 3.36. The molecular formula is C17H20ClFN2. The van der Waals surface area contributed by atoms with E-state index >= 15 is 0 Å². The van der Waals surface area contributed by atoms with Crippen LogP contribution in [0.25, 0.3) is 0 Å². The maximum atomic E-state index is 14.3. The lowest BCUT2D eigenvalue weighted by Gasteiger charge is -2.33. The number of aryl methyl sites for hydroxylation is 1. The van der Waals surface area contributed by atoms with Gasteiger partial charge in [-0.2, -0.15) is 0 Å². The largest absolute Gasteiger partial charge is 0.363 e. The molecule has 0 aliphatic rings. The van der Waals surface area contributed by atoms with E-state index in [1.807, 2.05) is 32.0 Å². The van der Waals surface area contributed by atoms with Gasteiger partial charge in [-0.25, -0.2) is 4.39 Å². The molecule has 1 unspecified atom stereocenters. The van der Waals surface area contributed by atoms with E-state index in [4.69, 9.17) is 17.3 Å². The molecule has 2 aromatic rings. The van der Waals surface area contributed by atoms with Gasteiger partial charge in [-0.1, -0.05) is 35.9 Å². The molecule has 4 heteroatoms. The Balaban J connectivity index is 2.45. The fourth-order valence-corrected chi connectivity index (χ4v) is 2.77. The predicted octanol–water partition coefficient (Wildman–Crippen LogP) is 4.31. The number of halogens is 2. The predicted molar refractivity (Wildman–Crippen MR) is 87.4 cm³/mol. The Morgan fingerprint density at radius 2 is 1.95 bits per heavy atom. The van der Waals surface area contributed by atoms with Gasteiger partial charge >= 0.3 is 0 Å². The van der Waals surface area contributed by atoms with E-state index < -0.39 is 0 Å². The van der Waals surface area contributed by atoms with Crippen molar-refractivity contribution in [2.24, 2.45) is 5.73 Å². The molecule has 0 amide bonds. The van der Waals surface area contributed by atoms with Crippen molar-refractivity contribution in [3.05, 3.63) is 64.4 Å². The average molecular weight is 307 g/mol. The first kappa shape index (κ1) is 15.8. The molecule has 0 bridgehead atoms. The van der Waals surface area contributed by atoms with Crippen molar-refractivity contribution in [1.29, 1.82) is 0 Å². The van der Waals surface area contributed by atoms with Crippen LogP contribution in [-0.4, -0.2) is 13.1 Å². The molecular weight excluding hydrogens is 287 g/mol. The molecule has 0 radical (unpaired) electrons. The van der Waals surface area contributed by atoms with Gasteiger partial charge in [0, 0.05) is 24.3 Å². The zero-order valence-corrected chi connectivity index (χ0v) is 13.1. The highest BCUT2D eigenvalue weighted by molar-refractivity contribution is 6.30. The first-order chi connectivity index (χ1) is 10.1. The molecule has 2 rings (SSSR count). The Bertz CT molecular complexity index is 615. The number of hydrogen-bond donors (Lipinski definition) is 1. The summed E-state index contributed by atoms with van der Waals surface area (Å²) in [5.74, 6) is -0.388. The fourth-order valence-electron chi connectivity index (χ4n) is 2.59. The second-order valence-electron chi connectivity index (χ2n) is 5.02. The molecule has 21 heavy (non-hydrogen) atoms. The van der Waals surface area contributed by atoms with Crippen LogP contribution >= 0.6 is 11.6 Å². The van der Waals surface area contributed by atoms with E-state index in [0.717, 1.165) is 17.8 Å². The molecule has 2 nitrogen and oxygen atoms in total. The number of anilines is 1. The first-order valence-electron chi connectivity index (χ1n) is 7.05. The molecule has 2 N–H and O–H groups in total. The summed E-state index contributed by atoms with van der Waals surface area (Å²) in [6, 6.07) is 12.9. The van der Waals surface area contributed by atoms with Crippen LogP contribution in [-0.2, 0) is 0 Å². The summed E-state index contributed by atoms with van der Waals surface area (Å²) in [6.45, 7) is 5.12. The Morgan fingerprint density at radius 1 is 1.24 bits per heavy atom. The van der Waals surface area contributed by atoms with E-state index in [2.05, 4.69) is 11.0 Å². The van der Waals surface area contributed by atoms with Gasteiger partial charge in [0.2, 0.25) is 0 Å². The normalized spacial score (nSPS) is 12.2. The molecule has 1 atom stereocenters. The monoisotopic (exact) mass is 306 g/mol. The van der Waals surface area contributed by atoms with Crippen LogP contribution < -0.4 is 10.6 Å². The Kier molecular flexibility index (Phi) is 5.21. The average Bonchev–Trinajstić information content (AvgIpc) is 2.48. The molecule has 0 saturated carbocycles. The van der Waals surface area contributed by atoms with Gasteiger partial charge in [0.25, 0.3) is 0 Å². The van der Waals surface area contributed by atoms with E-state index in [9.17, 15) is 4.39 Å². The van der Waals surface area contributed by atoms with Gasteiger partial charge in [0.1, 0.15) is 5.82 Å². The SMILES string of the molecule is CCN(c1cccc(C)c1)C(CN)c1cccc(Cl)c1F. The van der Waals surface area contributed by atoms with Crippen molar-refractivity contribution in [3.63, 3.8) is 0 Å². The Hall–Kier alpha value is -1.58. The number of nitrogens with two attached hydrogens (primary N) is 1. The van der Waals surface area contributed by atoms with E-state index in [1.54, 1.807) is 18.2 Å². The summed E-state index contributed by atoms with van der Waals surface area (Å²) in [5, 5.41) is 0.131. The van der Waals surface area contributed by atoms with Crippen molar-refractivity contribution >= 4 is 17.3 Å². The second kappa shape index (κ2) is 6.92. The number of likely N-dealkylation sites (N-methyl/N-ethyl adjacent to an activating group) is 1. The van der Waals surface area contributed by atoms with Crippen LogP contribution in [0, 0.1) is 12.7 Å². The van der Waals surface area contributed by atoms with Crippen LogP contribution in [0.1, 0.15) is 24.1 Å². The summed E-state index contributed by atoms with van der Waals surface area (Å²) in [7, 11) is 0. The molecule has 0 aromatic heterocycles. The summed E-state index contributed by atoms with van der Waals surface area (Å²) < 4.78 is 14.3. The van der Waals surface area contributed by atoms with Gasteiger partial charge < -0.3 is 10.6 Å². The van der Waals surface area contributed by atoms with Gasteiger partial charge in [0.15, 0.2) is 0 Å². The number of rotatable bonds is 5. The first-order valence-corrected chi connectivity index (χ1v) is 7.43. The van der Waals surface area contributed by atoms with Crippen LogP contribution in [0.3, 0.4) is 0 Å². The second-order valence-corrected chi connectivity index (χ2v) is 5.43. The van der Waals surface area contributed by atoms with E-state index in [1.165, 1.54) is 0 Å². The quantitative estimate of drug-likeness (QED) is 0.891. The fraction of sp³-hybridized carbons (Fsp3) is 0.294. The molecule has 2 aromatic carbocycles. The third-order valence-electron chi connectivity index (χ3n) is 3.61. The summed E-state index contributed by atoms with van der Waals surface area (Å²) in [6.07, 6.45) is 0. The minimum Gasteiger partial charge on any atom is -0.363 e. The molecule has 0 heterocycles. The molecule has 0 aliphatic carbocycles. The lowest BCUT2D eigenvalue weighted by atomic mass is 10.0. The maximum absolute atomic E-state index is 14.3. The lowest BCUT2D eigenvalue weighted by Crippen LogP contribution is -2.34. The standard InChI is InChI=1S/C17H20ClFN2/c1-3-21(13-7-4-6-12(2)10-13)16(11-20)14-8-5-9-15(18)17(14)19/h4-10,16H,3,11,20H2,1-2H3. The van der Waals surface area contributed by atoms with Gasteiger partial charge in [-0.05, 0) is 37.6 Å². The van der Waals surface area contributed by atoms with Crippen molar-refractivity contribution in [3.8, 4) is 0 Å². The summed E-state index contributed by atoms with van der Waals surface area (Å²) >= 11 is 5.90. The van der Waals surface area contributed by atoms with Crippen LogP contribution in [0.15, 0.2) is 42.5 Å². The zero-order chi connectivity index (χ0) is 15.4. The maximum Gasteiger partial charge on any atom is 0.147 e. The van der Waals surface area contributed by atoms with Crippen LogP contribution in [0.4, 0.5) is 10.1 Å². The van der Waals surface area contributed by atoms with E-state index in [0.29, 0.717) is 12.1 Å². The highest BCUT2D eigenvalue weighted by atomic mass is 35.5. The third-order valence-corrected chi connectivity index (χ3v) is 3.91. The van der Waals surface area contributed by atoms with Crippen molar-refractivity contribution < 1.29 is 4.39 Å². The van der Waals surface area contributed by atoms with Crippen molar-refractivity contribution in [1.82, 2.24) is 0 Å². The number of benzene rings is 2. The minimum absolute atomic E-state index is 0.131. The van der Waals surface area contributed by atoms with Crippen LogP contribution in [0.2, 0.25) is 5.02 Å². The van der Waals surface area contributed by atoms with Crippen molar-refractivity contribution in [2.75, 3.05) is 18.0 Å². The lowest BCUT2D eigenvalue weighted by molar-refractivity contribution is 0.562. The molecule has 0 saturated heterocycles. The zero-order valence-electron chi connectivity index (χ0n) is 12.3. The number of hydrogen-bond acceptors (Lipinski definition) is 2. The highest BCUT2D eigenvalue weighted by Gasteiger charge is 2.22. The topological polar surface area (TPSA) is 29.3 Å². The molecule has 0 fully saturated rings. The van der Waals surface area contributed by atoms with Crippen LogP contribution in [0.5, 0.6) is 0 Å². The summed E-state index contributed by atoms with van der Waals surface area (Å²) in [4.78, 5) is 2.10. The molecule has 0 aliphatic heterocycles. The summed E-state index contributed by atoms with van der Waals surface area (Å²) in [5.41, 5.74) is 8.65. The highest BCUT2D eigenvalue weighted by Crippen LogP contribution is 2.30. The molecule has 0 spiro atoms. The minimum atomic E-state index is -0.388. The smallest absolute Gasteiger partial charge is 0.147 e.